The number of carbonyl (C=O) groups excluding carboxylic acids is 3. The monoisotopic (exact) mass is 812 g/mol. The highest BCUT2D eigenvalue weighted by atomic mass is 31.2. The number of nitrogens with two attached hydrogens (primary N) is 2. The van der Waals surface area contributed by atoms with Gasteiger partial charge >= 0.3 is 14.6 Å². The van der Waals surface area contributed by atoms with Crippen LogP contribution >= 0.6 is 8.60 Å². The van der Waals surface area contributed by atoms with Crippen molar-refractivity contribution in [3.8, 4) is 0 Å². The lowest BCUT2D eigenvalue weighted by Gasteiger charge is -2.30. The molecule has 316 valence electrons. The van der Waals surface area contributed by atoms with Crippen LogP contribution in [0.3, 0.4) is 0 Å². The second-order valence-corrected chi connectivity index (χ2v) is 15.3. The lowest BCUT2D eigenvalue weighted by atomic mass is 9.95. The van der Waals surface area contributed by atoms with E-state index in [-0.39, 0.29) is 36.5 Å². The van der Waals surface area contributed by atoms with Gasteiger partial charge in [0.15, 0.2) is 0 Å². The predicted octanol–water partition coefficient (Wildman–Crippen LogP) is 5.66. The second-order valence-electron chi connectivity index (χ2n) is 14.5. The van der Waals surface area contributed by atoms with E-state index in [1.165, 1.54) is 0 Å². The Morgan fingerprint density at radius 1 is 0.719 bits per heavy atom. The summed E-state index contributed by atoms with van der Waals surface area (Å²) < 4.78 is 4.75. The van der Waals surface area contributed by atoms with Crippen molar-refractivity contribution in [2.45, 2.75) is 116 Å². The lowest BCUT2D eigenvalue weighted by molar-refractivity contribution is -0.142. The van der Waals surface area contributed by atoms with Crippen LogP contribution in [0.5, 0.6) is 0 Å². The molecule has 10 N–H and O–H groups in total. The van der Waals surface area contributed by atoms with Crippen LogP contribution in [0.15, 0.2) is 48.5 Å². The van der Waals surface area contributed by atoms with Gasteiger partial charge in [-0.1, -0.05) is 81.0 Å². The summed E-state index contributed by atoms with van der Waals surface area (Å²) in [5.74, 6) is -1.53. The maximum absolute atomic E-state index is 13.9. The highest BCUT2D eigenvalue weighted by Gasteiger charge is 2.26. The number of nitrogens with one attached hydrogen (secondary N) is 3. The molecule has 1 aliphatic heterocycles. The normalized spacial score (nSPS) is 14.3. The topological polar surface area (TPSA) is 230 Å². The quantitative estimate of drug-likeness (QED) is 0.0369. The molecule has 1 heterocycles. The Balaban J connectivity index is 1.49. The first-order valence-electron chi connectivity index (χ1n) is 20.6. The van der Waals surface area contributed by atoms with Gasteiger partial charge in [0.1, 0.15) is 0 Å². The summed E-state index contributed by atoms with van der Waals surface area (Å²) in [6.45, 7) is 2.90. The van der Waals surface area contributed by atoms with Crippen LogP contribution in [-0.4, -0.2) is 71.4 Å². The number of carbonyl (C=O) groups is 4. The molecule has 0 spiro atoms. The third-order valence-corrected chi connectivity index (χ3v) is 10.5. The number of rotatable bonds is 29. The molecule has 15 heteroatoms. The van der Waals surface area contributed by atoms with E-state index >= 15 is 0 Å². The van der Waals surface area contributed by atoms with Crippen LogP contribution in [0.25, 0.3) is 11.4 Å². The summed E-state index contributed by atoms with van der Waals surface area (Å²) in [4.78, 5) is 69.9. The molecule has 14 nitrogen and oxygen atoms in total. The number of hydrogen-bond acceptors (Lipinski definition) is 10. The van der Waals surface area contributed by atoms with Crippen LogP contribution in [-0.2, 0) is 30.2 Å². The molecule has 0 saturated heterocycles. The fraction of sp³-hybridized carbons (Fsp3) is 0.571. The Labute approximate surface area is 339 Å². The van der Waals surface area contributed by atoms with E-state index in [4.69, 9.17) is 25.8 Å². The number of carboxylic acids is 1. The number of anilines is 1. The average Bonchev–Trinajstić information content (AvgIpc) is 3.19. The first kappa shape index (κ1) is 47.3. The molecule has 0 aromatic heterocycles. The number of carboxylic acid groups (broad SMARTS) is 1. The highest BCUT2D eigenvalue weighted by Crippen LogP contribution is 2.35. The van der Waals surface area contributed by atoms with Crippen LogP contribution in [0, 0.1) is 5.92 Å². The van der Waals surface area contributed by atoms with E-state index in [1.54, 1.807) is 4.90 Å². The summed E-state index contributed by atoms with van der Waals surface area (Å²) in [6, 6.07) is 15.4. The molecule has 1 aliphatic rings. The largest absolute Gasteiger partial charge is 0.481 e. The molecule has 0 bridgehead atoms. The maximum Gasteiger partial charge on any atom is 0.327 e. The number of benzene rings is 2. The van der Waals surface area contributed by atoms with Crippen molar-refractivity contribution >= 4 is 49.4 Å². The number of para-hydroxylation sites is 1. The summed E-state index contributed by atoms with van der Waals surface area (Å²) in [6.07, 6.45) is 11.6. The fourth-order valence-corrected chi connectivity index (χ4v) is 7.22. The number of nitrogens with zero attached hydrogens (tertiary/aromatic N) is 1. The maximum atomic E-state index is 13.9. The van der Waals surface area contributed by atoms with Crippen LogP contribution < -0.4 is 32.3 Å². The third-order valence-electron chi connectivity index (χ3n) is 10.1. The first-order valence-corrected chi connectivity index (χ1v) is 21.8. The summed E-state index contributed by atoms with van der Waals surface area (Å²) >= 11 is 0. The number of fused-ring (bicyclic) bond motifs is 2. The number of hydrogen-bond donors (Lipinski definition) is 8. The van der Waals surface area contributed by atoms with Gasteiger partial charge in [-0.3, -0.25) is 19.2 Å². The van der Waals surface area contributed by atoms with Crippen molar-refractivity contribution < 1.29 is 38.6 Å². The Kier molecular flexibility index (Phi) is 22.9. The summed E-state index contributed by atoms with van der Waals surface area (Å²) in [7, 11) is -2.29. The molecule has 57 heavy (non-hydrogen) atoms. The van der Waals surface area contributed by atoms with Crippen molar-refractivity contribution in [3.63, 3.8) is 0 Å². The summed E-state index contributed by atoms with van der Waals surface area (Å²) in [5, 5.41) is 19.0. The first-order chi connectivity index (χ1) is 27.6. The molecule has 0 saturated carbocycles. The molecular weight excluding hydrogens is 747 g/mol. The fourth-order valence-electron chi connectivity index (χ4n) is 6.92. The van der Waals surface area contributed by atoms with Gasteiger partial charge < -0.3 is 51.7 Å². The van der Waals surface area contributed by atoms with E-state index in [0.29, 0.717) is 82.8 Å². The zero-order chi connectivity index (χ0) is 41.3. The van der Waals surface area contributed by atoms with E-state index in [1.807, 2.05) is 48.5 Å². The van der Waals surface area contributed by atoms with Gasteiger partial charge in [0.25, 0.3) is 0 Å². The molecule has 2 aromatic carbocycles. The molecule has 3 rings (SSSR count). The highest BCUT2D eigenvalue weighted by molar-refractivity contribution is 7.39. The molecular formula is C42H65N6O8P. The van der Waals surface area contributed by atoms with Crippen LogP contribution in [0.1, 0.15) is 126 Å². The van der Waals surface area contributed by atoms with Crippen molar-refractivity contribution in [2.75, 3.05) is 37.7 Å². The van der Waals surface area contributed by atoms with E-state index < -0.39 is 14.6 Å². The smallest absolute Gasteiger partial charge is 0.327 e. The minimum absolute atomic E-state index is 0.0227. The van der Waals surface area contributed by atoms with Gasteiger partial charge in [-0.15, -0.1) is 0 Å². The Hall–Kier alpha value is -4.07. The molecule has 0 radical (unpaired) electrons. The Morgan fingerprint density at radius 2 is 1.32 bits per heavy atom. The SMILES string of the molecule is NCCCCCC(CCCCNC(=O)CCC(=O)N1Cc2ccccc2/C(N)=C(/NCCCCCC(=O)NCCCCCCOP(O)O)c2ccccc21)C(=O)O. The minimum atomic E-state index is -2.29. The standard InChI is InChI=1S/C42H65N6O8P/c43-26-12-3-5-17-32(42(52)53)18-11-15-28-46-38(50)24-25-39(51)48-31-33-19-7-8-20-34(33)40(44)41(35-21-9-10-22-36(35)48)47-29-14-4-6-23-37(49)45-27-13-1-2-16-30-56-57(54)55/h7-10,19-22,32,47,54-55H,1-6,11-18,23-31,43-44H2,(H,45,49)(H,46,50)(H,52,53)/b41-40-. The predicted molar refractivity (Wildman–Crippen MR) is 225 cm³/mol. The van der Waals surface area contributed by atoms with Gasteiger partial charge in [-0.2, -0.15) is 0 Å². The van der Waals surface area contributed by atoms with E-state index in [0.717, 1.165) is 86.6 Å². The Bertz CT molecular complexity index is 1570. The molecule has 1 unspecified atom stereocenters. The molecule has 3 amide bonds. The van der Waals surface area contributed by atoms with Gasteiger partial charge in [0, 0.05) is 50.0 Å². The molecule has 0 fully saturated rings. The lowest BCUT2D eigenvalue weighted by Crippen LogP contribution is -2.35. The second kappa shape index (κ2) is 27.5. The molecule has 2 aromatic rings. The average molecular weight is 813 g/mol. The van der Waals surface area contributed by atoms with Crippen molar-refractivity contribution in [2.24, 2.45) is 17.4 Å². The van der Waals surface area contributed by atoms with Gasteiger partial charge in [-0.05, 0) is 69.5 Å². The van der Waals surface area contributed by atoms with E-state index in [2.05, 4.69) is 16.0 Å². The van der Waals surface area contributed by atoms with Crippen molar-refractivity contribution in [1.29, 1.82) is 0 Å². The molecule has 0 aliphatic carbocycles. The van der Waals surface area contributed by atoms with Gasteiger partial charge in [0.2, 0.25) is 17.7 Å². The van der Waals surface area contributed by atoms with Crippen molar-refractivity contribution in [3.05, 3.63) is 65.2 Å². The Morgan fingerprint density at radius 3 is 2.04 bits per heavy atom. The number of aliphatic carboxylic acids is 1. The van der Waals surface area contributed by atoms with E-state index in [9.17, 15) is 24.3 Å². The van der Waals surface area contributed by atoms with Crippen molar-refractivity contribution in [1.82, 2.24) is 16.0 Å². The van der Waals surface area contributed by atoms with Gasteiger partial charge in [0.05, 0.1) is 36.2 Å². The number of unbranched alkanes of at least 4 members (excludes halogenated alkanes) is 8. The minimum Gasteiger partial charge on any atom is -0.481 e. The van der Waals surface area contributed by atoms with Crippen LogP contribution in [0.2, 0.25) is 0 Å². The van der Waals surface area contributed by atoms with Gasteiger partial charge in [-0.25, -0.2) is 0 Å². The summed E-state index contributed by atoms with van der Waals surface area (Å²) in [5.41, 5.74) is 16.9. The van der Waals surface area contributed by atoms with Crippen LogP contribution in [0.4, 0.5) is 5.69 Å². The zero-order valence-corrected chi connectivity index (χ0v) is 34.3. The molecule has 1 atom stereocenters. The third kappa shape index (κ3) is 17.9. The number of amides is 3. The zero-order valence-electron chi connectivity index (χ0n) is 33.4.